The molecule has 0 atom stereocenters. The third-order valence-corrected chi connectivity index (χ3v) is 6.62. The average molecular weight is 433 g/mol. The largest absolute Gasteiger partial charge is 0.355 e. The molecule has 158 valence electrons. The Morgan fingerprint density at radius 3 is 2.81 bits per heavy atom. The van der Waals surface area contributed by atoms with Crippen molar-refractivity contribution in [2.45, 2.75) is 26.3 Å². The van der Waals surface area contributed by atoms with Crippen molar-refractivity contribution in [1.82, 2.24) is 25.5 Å². The second-order valence-electron chi connectivity index (χ2n) is 7.94. The molecule has 1 fully saturated rings. The van der Waals surface area contributed by atoms with Gasteiger partial charge in [-0.3, -0.25) is 4.79 Å². The van der Waals surface area contributed by atoms with Gasteiger partial charge in [0.15, 0.2) is 5.82 Å². The lowest BCUT2D eigenvalue weighted by Gasteiger charge is -2.31. The van der Waals surface area contributed by atoms with Crippen molar-refractivity contribution >= 4 is 34.1 Å². The van der Waals surface area contributed by atoms with Gasteiger partial charge in [-0.1, -0.05) is 12.1 Å². The van der Waals surface area contributed by atoms with Gasteiger partial charge in [-0.2, -0.15) is 0 Å². The van der Waals surface area contributed by atoms with E-state index in [0.717, 1.165) is 59.2 Å². The van der Waals surface area contributed by atoms with Crippen LogP contribution in [0.1, 0.15) is 24.2 Å². The summed E-state index contributed by atoms with van der Waals surface area (Å²) in [6.07, 6.45) is 1.61. The number of anilines is 1. The fraction of sp³-hybridized carbons (Fsp3) is 0.304. The summed E-state index contributed by atoms with van der Waals surface area (Å²) in [6.45, 7) is 4.07. The number of fused-ring (bicyclic) bond motifs is 1. The number of nitrogens with zero attached hydrogens (tertiary/aromatic N) is 4. The molecule has 2 N–H and O–H groups in total. The molecule has 1 aliphatic rings. The molecule has 0 unspecified atom stereocenters. The summed E-state index contributed by atoms with van der Waals surface area (Å²) >= 11 is 1.66. The molecule has 3 aromatic heterocycles. The molecule has 8 heteroatoms. The highest BCUT2D eigenvalue weighted by atomic mass is 32.1. The zero-order valence-corrected chi connectivity index (χ0v) is 18.2. The zero-order chi connectivity index (χ0) is 21.2. The van der Waals surface area contributed by atoms with E-state index in [1.54, 1.807) is 11.3 Å². The van der Waals surface area contributed by atoms with Crippen molar-refractivity contribution in [1.29, 1.82) is 0 Å². The van der Waals surface area contributed by atoms with Gasteiger partial charge in [-0.05, 0) is 61.0 Å². The number of carbonyl (C=O) groups is 1. The molecule has 0 aliphatic carbocycles. The normalized spacial score (nSPS) is 14.8. The number of amides is 1. The van der Waals surface area contributed by atoms with Crippen LogP contribution in [0.25, 0.3) is 21.6 Å². The first-order valence-corrected chi connectivity index (χ1v) is 11.4. The smallest absolute Gasteiger partial charge is 0.223 e. The number of imidazole rings is 1. The van der Waals surface area contributed by atoms with Crippen LogP contribution in [-0.2, 0) is 11.3 Å². The average Bonchev–Trinajstić information content (AvgIpc) is 3.47. The van der Waals surface area contributed by atoms with Crippen LogP contribution in [0.4, 0.5) is 5.82 Å². The summed E-state index contributed by atoms with van der Waals surface area (Å²) in [5, 5.41) is 13.8. The number of hydrogen-bond donors (Lipinski definition) is 2. The number of aryl methyl sites for hydroxylation is 1. The molecule has 1 saturated heterocycles. The van der Waals surface area contributed by atoms with Crippen LogP contribution >= 0.6 is 11.3 Å². The van der Waals surface area contributed by atoms with Crippen molar-refractivity contribution in [2.24, 2.45) is 5.92 Å². The van der Waals surface area contributed by atoms with Gasteiger partial charge in [0, 0.05) is 19.0 Å². The molecular weight excluding hydrogens is 408 g/mol. The fourth-order valence-corrected chi connectivity index (χ4v) is 4.69. The van der Waals surface area contributed by atoms with Crippen molar-refractivity contribution in [2.75, 3.05) is 18.0 Å². The number of nitrogens with one attached hydrogen (secondary N) is 2. The van der Waals surface area contributed by atoms with E-state index < -0.39 is 0 Å². The molecule has 4 aromatic rings. The third-order valence-electron chi connectivity index (χ3n) is 5.73. The SMILES string of the molecule is Cc1ccc2nc(CNC(=O)C3CCN(c4ccc(-c5cccs5)nn4)CC3)[nH]c2c1. The van der Waals surface area contributed by atoms with Crippen LogP contribution < -0.4 is 10.2 Å². The van der Waals surface area contributed by atoms with E-state index in [4.69, 9.17) is 0 Å². The van der Waals surface area contributed by atoms with E-state index in [0.29, 0.717) is 6.54 Å². The highest BCUT2D eigenvalue weighted by molar-refractivity contribution is 7.13. The lowest BCUT2D eigenvalue weighted by atomic mass is 9.96. The first-order valence-electron chi connectivity index (χ1n) is 10.5. The second-order valence-corrected chi connectivity index (χ2v) is 8.88. The molecule has 0 saturated carbocycles. The zero-order valence-electron chi connectivity index (χ0n) is 17.3. The van der Waals surface area contributed by atoms with Gasteiger partial charge in [0.1, 0.15) is 11.5 Å². The van der Waals surface area contributed by atoms with Crippen molar-refractivity contribution in [3.05, 3.63) is 59.2 Å². The topological polar surface area (TPSA) is 86.8 Å². The maximum atomic E-state index is 12.7. The predicted octanol–water partition coefficient (Wildman–Crippen LogP) is 3.92. The predicted molar refractivity (Wildman–Crippen MR) is 123 cm³/mol. The number of hydrogen-bond acceptors (Lipinski definition) is 6. The minimum Gasteiger partial charge on any atom is -0.355 e. The Kier molecular flexibility index (Phi) is 5.38. The lowest BCUT2D eigenvalue weighted by molar-refractivity contribution is -0.125. The molecule has 0 radical (unpaired) electrons. The van der Waals surface area contributed by atoms with Gasteiger partial charge in [0.25, 0.3) is 0 Å². The molecule has 1 amide bonds. The van der Waals surface area contributed by atoms with Crippen LogP contribution in [0.3, 0.4) is 0 Å². The van der Waals surface area contributed by atoms with Crippen molar-refractivity contribution < 1.29 is 4.79 Å². The van der Waals surface area contributed by atoms with Crippen LogP contribution in [0.15, 0.2) is 47.8 Å². The Labute approximate surface area is 184 Å². The van der Waals surface area contributed by atoms with Crippen LogP contribution in [0.2, 0.25) is 0 Å². The number of H-pyrrole nitrogens is 1. The fourth-order valence-electron chi connectivity index (χ4n) is 4.00. The van der Waals surface area contributed by atoms with Gasteiger partial charge in [0.2, 0.25) is 5.91 Å². The standard InChI is InChI=1S/C23H24N6OS/c1-15-4-5-17-19(13-15)26-21(25-17)14-24-23(30)16-8-10-29(11-9-16)22-7-6-18(27-28-22)20-3-2-12-31-20/h2-7,12-13,16H,8-11,14H2,1H3,(H,24,30)(H,25,26). The Balaban J connectivity index is 1.14. The molecular formula is C23H24N6OS. The van der Waals surface area contributed by atoms with Crippen LogP contribution in [-0.4, -0.2) is 39.2 Å². The Morgan fingerprint density at radius 1 is 1.19 bits per heavy atom. The Morgan fingerprint density at radius 2 is 2.06 bits per heavy atom. The maximum absolute atomic E-state index is 12.7. The Hall–Kier alpha value is -3.26. The maximum Gasteiger partial charge on any atom is 0.223 e. The van der Waals surface area contributed by atoms with Gasteiger partial charge in [0.05, 0.1) is 22.5 Å². The molecule has 1 aromatic carbocycles. The summed E-state index contributed by atoms with van der Waals surface area (Å²) < 4.78 is 0. The summed E-state index contributed by atoms with van der Waals surface area (Å²) in [6, 6.07) is 14.2. The van der Waals surface area contributed by atoms with E-state index in [-0.39, 0.29) is 11.8 Å². The molecule has 0 spiro atoms. The van der Waals surface area contributed by atoms with Gasteiger partial charge >= 0.3 is 0 Å². The molecule has 4 heterocycles. The monoisotopic (exact) mass is 432 g/mol. The van der Waals surface area contributed by atoms with Gasteiger partial charge in [-0.25, -0.2) is 4.98 Å². The number of thiophene rings is 1. The molecule has 1 aliphatic heterocycles. The minimum atomic E-state index is 0.0150. The van der Waals surface area contributed by atoms with Crippen molar-refractivity contribution in [3.8, 4) is 10.6 Å². The van der Waals surface area contributed by atoms with E-state index in [9.17, 15) is 4.79 Å². The number of carbonyl (C=O) groups excluding carboxylic acids is 1. The summed E-state index contributed by atoms with van der Waals surface area (Å²) in [4.78, 5) is 23.8. The summed E-state index contributed by atoms with van der Waals surface area (Å²) in [7, 11) is 0. The van der Waals surface area contributed by atoms with Gasteiger partial charge < -0.3 is 15.2 Å². The van der Waals surface area contributed by atoms with Gasteiger partial charge in [-0.15, -0.1) is 21.5 Å². The number of aromatic nitrogens is 4. The highest BCUT2D eigenvalue weighted by Crippen LogP contribution is 2.25. The molecule has 0 bridgehead atoms. The third kappa shape index (κ3) is 4.29. The van der Waals surface area contributed by atoms with Crippen molar-refractivity contribution in [3.63, 3.8) is 0 Å². The van der Waals surface area contributed by atoms with E-state index in [1.807, 2.05) is 41.8 Å². The minimum absolute atomic E-state index is 0.0150. The summed E-state index contributed by atoms with van der Waals surface area (Å²) in [5.41, 5.74) is 4.01. The highest BCUT2D eigenvalue weighted by Gasteiger charge is 2.26. The van der Waals surface area contributed by atoms with E-state index >= 15 is 0 Å². The molecule has 5 rings (SSSR count). The number of rotatable bonds is 5. The van der Waals surface area contributed by atoms with Crippen LogP contribution in [0, 0.1) is 12.8 Å². The van der Waals surface area contributed by atoms with Crippen LogP contribution in [0.5, 0.6) is 0 Å². The lowest BCUT2D eigenvalue weighted by Crippen LogP contribution is -2.40. The number of benzene rings is 1. The summed E-state index contributed by atoms with van der Waals surface area (Å²) in [5.74, 6) is 1.76. The first-order chi connectivity index (χ1) is 15.2. The number of piperidine rings is 1. The van der Waals surface area contributed by atoms with E-state index in [1.165, 1.54) is 5.56 Å². The molecule has 31 heavy (non-hydrogen) atoms. The van der Waals surface area contributed by atoms with E-state index in [2.05, 4.69) is 43.4 Å². The Bertz CT molecular complexity index is 1180. The molecule has 7 nitrogen and oxygen atoms in total. The second kappa shape index (κ2) is 8.47. The quantitative estimate of drug-likeness (QED) is 0.499. The number of aromatic amines is 1. The first kappa shape index (κ1) is 19.7.